The molecule has 3 rings (SSSR count). The molecule has 27 heavy (non-hydrogen) atoms. The summed E-state index contributed by atoms with van der Waals surface area (Å²) >= 11 is 0. The first kappa shape index (κ1) is 18.7. The molecule has 0 bridgehead atoms. The van der Waals surface area contributed by atoms with Crippen molar-refractivity contribution in [1.29, 1.82) is 0 Å². The largest absolute Gasteiger partial charge is 0.497 e. The van der Waals surface area contributed by atoms with Crippen molar-refractivity contribution in [3.8, 4) is 11.5 Å². The first-order valence-electron chi connectivity index (χ1n) is 8.77. The molecule has 5 heteroatoms. The van der Waals surface area contributed by atoms with Gasteiger partial charge >= 0.3 is 0 Å². The monoisotopic (exact) mass is 364 g/mol. The number of amides is 1. The molecule has 0 saturated heterocycles. The van der Waals surface area contributed by atoms with Crippen LogP contribution in [0.3, 0.4) is 0 Å². The number of likely N-dealkylation sites (N-methyl/N-ethyl adjacent to an activating group) is 1. The Morgan fingerprint density at radius 1 is 0.963 bits per heavy atom. The highest BCUT2D eigenvalue weighted by Crippen LogP contribution is 2.25. The third-order valence-corrected chi connectivity index (χ3v) is 4.38. The van der Waals surface area contributed by atoms with Gasteiger partial charge < -0.3 is 14.8 Å². The molecule has 140 valence electrons. The fraction of sp³-hybridized carbons (Fsp3) is 0.227. The van der Waals surface area contributed by atoms with Crippen molar-refractivity contribution in [2.24, 2.45) is 0 Å². The van der Waals surface area contributed by atoms with Crippen molar-refractivity contribution in [3.63, 3.8) is 0 Å². The summed E-state index contributed by atoms with van der Waals surface area (Å²) in [6.07, 6.45) is 0. The molecule has 0 spiro atoms. The third-order valence-electron chi connectivity index (χ3n) is 4.38. The second-order valence-electron chi connectivity index (χ2n) is 6.46. The van der Waals surface area contributed by atoms with Crippen LogP contribution in [-0.4, -0.2) is 38.6 Å². The van der Waals surface area contributed by atoms with Crippen LogP contribution >= 0.6 is 0 Å². The van der Waals surface area contributed by atoms with Gasteiger partial charge in [-0.05, 0) is 36.0 Å². The molecule has 0 aliphatic heterocycles. The molecular formula is C22H24N2O3. The van der Waals surface area contributed by atoms with Crippen LogP contribution in [0.2, 0.25) is 0 Å². The van der Waals surface area contributed by atoms with Gasteiger partial charge in [0.05, 0.1) is 20.8 Å². The number of rotatable bonds is 7. The maximum Gasteiger partial charge on any atom is 0.238 e. The summed E-state index contributed by atoms with van der Waals surface area (Å²) in [5, 5.41) is 5.22. The Balaban J connectivity index is 1.61. The van der Waals surface area contributed by atoms with Gasteiger partial charge in [-0.3, -0.25) is 9.69 Å². The zero-order valence-corrected chi connectivity index (χ0v) is 15.9. The molecule has 1 N–H and O–H groups in total. The van der Waals surface area contributed by atoms with Crippen LogP contribution in [0.25, 0.3) is 10.8 Å². The topological polar surface area (TPSA) is 50.8 Å². The maximum absolute atomic E-state index is 12.4. The number of hydrogen-bond donors (Lipinski definition) is 1. The molecule has 0 radical (unpaired) electrons. The van der Waals surface area contributed by atoms with Crippen molar-refractivity contribution in [3.05, 3.63) is 66.2 Å². The number of nitrogens with zero attached hydrogens (tertiary/aromatic N) is 1. The predicted octanol–water partition coefficient (Wildman–Crippen LogP) is 3.93. The number of carbonyl (C=O) groups excluding carboxylic acids is 1. The lowest BCUT2D eigenvalue weighted by Crippen LogP contribution is -2.30. The number of fused-ring (bicyclic) bond motifs is 1. The molecule has 0 atom stereocenters. The van der Waals surface area contributed by atoms with Gasteiger partial charge in [-0.1, -0.05) is 36.4 Å². The average molecular weight is 364 g/mol. The van der Waals surface area contributed by atoms with Gasteiger partial charge in [0.15, 0.2) is 0 Å². The fourth-order valence-electron chi connectivity index (χ4n) is 3.04. The van der Waals surface area contributed by atoms with E-state index in [4.69, 9.17) is 9.47 Å². The molecule has 0 saturated carbocycles. The van der Waals surface area contributed by atoms with Gasteiger partial charge in [-0.25, -0.2) is 0 Å². The highest BCUT2D eigenvalue weighted by Gasteiger charge is 2.11. The summed E-state index contributed by atoms with van der Waals surface area (Å²) in [5.74, 6) is 1.43. The lowest BCUT2D eigenvalue weighted by atomic mass is 10.1. The summed E-state index contributed by atoms with van der Waals surface area (Å²) < 4.78 is 10.6. The lowest BCUT2D eigenvalue weighted by Gasteiger charge is -2.18. The van der Waals surface area contributed by atoms with E-state index in [-0.39, 0.29) is 12.5 Å². The van der Waals surface area contributed by atoms with Crippen LogP contribution in [0.4, 0.5) is 5.69 Å². The van der Waals surface area contributed by atoms with Crippen LogP contribution < -0.4 is 14.8 Å². The molecular weight excluding hydrogens is 340 g/mol. The number of methoxy groups -OCH3 is 2. The smallest absolute Gasteiger partial charge is 0.238 e. The Kier molecular flexibility index (Phi) is 5.94. The van der Waals surface area contributed by atoms with Crippen molar-refractivity contribution in [2.45, 2.75) is 6.54 Å². The van der Waals surface area contributed by atoms with Crippen LogP contribution in [-0.2, 0) is 11.3 Å². The maximum atomic E-state index is 12.4. The zero-order valence-electron chi connectivity index (χ0n) is 15.9. The molecule has 0 heterocycles. The van der Waals surface area contributed by atoms with E-state index in [1.807, 2.05) is 66.5 Å². The summed E-state index contributed by atoms with van der Waals surface area (Å²) in [6.45, 7) is 0.875. The minimum atomic E-state index is -0.0553. The molecule has 0 aromatic heterocycles. The third kappa shape index (κ3) is 4.77. The number of carbonyl (C=O) groups is 1. The minimum Gasteiger partial charge on any atom is -0.497 e. The van der Waals surface area contributed by atoms with Crippen LogP contribution in [0.1, 0.15) is 5.56 Å². The Morgan fingerprint density at radius 3 is 2.48 bits per heavy atom. The number of hydrogen-bond acceptors (Lipinski definition) is 4. The summed E-state index contributed by atoms with van der Waals surface area (Å²) in [5.41, 5.74) is 1.80. The molecule has 0 aliphatic carbocycles. The summed E-state index contributed by atoms with van der Waals surface area (Å²) in [4.78, 5) is 14.3. The summed E-state index contributed by atoms with van der Waals surface area (Å²) in [6, 6.07) is 19.7. The Hall–Kier alpha value is -3.05. The summed E-state index contributed by atoms with van der Waals surface area (Å²) in [7, 11) is 5.16. The molecule has 1 amide bonds. The second kappa shape index (κ2) is 8.56. The van der Waals surface area contributed by atoms with Gasteiger partial charge in [-0.2, -0.15) is 0 Å². The number of anilines is 1. The minimum absolute atomic E-state index is 0.0553. The van der Waals surface area contributed by atoms with Crippen molar-refractivity contribution < 1.29 is 14.3 Å². The number of nitrogens with one attached hydrogen (secondary N) is 1. The molecule has 0 aliphatic rings. The average Bonchev–Trinajstić information content (AvgIpc) is 2.68. The standard InChI is InChI=1S/C22H24N2O3/c1-24(14-18-9-11-20(26-2)13-21(18)27-3)15-22(25)23-19-10-8-16-6-4-5-7-17(16)12-19/h4-13H,14-15H2,1-3H3,(H,23,25). The van der Waals surface area contributed by atoms with Gasteiger partial charge in [0, 0.05) is 23.9 Å². The van der Waals surface area contributed by atoms with E-state index in [1.165, 1.54) is 0 Å². The van der Waals surface area contributed by atoms with Gasteiger partial charge in [0.25, 0.3) is 0 Å². The molecule has 3 aromatic carbocycles. The molecule has 3 aromatic rings. The Labute approximate surface area is 159 Å². The van der Waals surface area contributed by atoms with Gasteiger partial charge in [0.2, 0.25) is 5.91 Å². The van der Waals surface area contributed by atoms with E-state index in [1.54, 1.807) is 14.2 Å². The van der Waals surface area contributed by atoms with Crippen molar-refractivity contribution in [2.75, 3.05) is 33.1 Å². The van der Waals surface area contributed by atoms with E-state index >= 15 is 0 Å². The number of ether oxygens (including phenoxy) is 2. The normalized spacial score (nSPS) is 10.8. The molecule has 0 fully saturated rings. The van der Waals surface area contributed by atoms with Crippen molar-refractivity contribution in [1.82, 2.24) is 4.90 Å². The van der Waals surface area contributed by atoms with E-state index < -0.39 is 0 Å². The zero-order chi connectivity index (χ0) is 19.2. The van der Waals surface area contributed by atoms with E-state index in [9.17, 15) is 4.79 Å². The highest BCUT2D eigenvalue weighted by atomic mass is 16.5. The Morgan fingerprint density at radius 2 is 1.74 bits per heavy atom. The van der Waals surface area contributed by atoms with Crippen LogP contribution in [0.5, 0.6) is 11.5 Å². The van der Waals surface area contributed by atoms with E-state index in [0.717, 1.165) is 33.5 Å². The SMILES string of the molecule is COc1ccc(CN(C)CC(=O)Nc2ccc3ccccc3c2)c(OC)c1. The van der Waals surface area contributed by atoms with Gasteiger partial charge in [-0.15, -0.1) is 0 Å². The first-order chi connectivity index (χ1) is 13.1. The van der Waals surface area contributed by atoms with Gasteiger partial charge in [0.1, 0.15) is 11.5 Å². The second-order valence-corrected chi connectivity index (χ2v) is 6.46. The quantitative estimate of drug-likeness (QED) is 0.690. The van der Waals surface area contributed by atoms with E-state index in [2.05, 4.69) is 11.4 Å². The Bertz CT molecular complexity index is 940. The molecule has 0 unspecified atom stereocenters. The number of benzene rings is 3. The predicted molar refractivity (Wildman–Crippen MR) is 108 cm³/mol. The van der Waals surface area contributed by atoms with Crippen LogP contribution in [0.15, 0.2) is 60.7 Å². The molecule has 5 nitrogen and oxygen atoms in total. The van der Waals surface area contributed by atoms with Crippen molar-refractivity contribution >= 4 is 22.4 Å². The highest BCUT2D eigenvalue weighted by molar-refractivity contribution is 5.95. The van der Waals surface area contributed by atoms with E-state index in [0.29, 0.717) is 6.54 Å². The fourth-order valence-corrected chi connectivity index (χ4v) is 3.04. The lowest BCUT2D eigenvalue weighted by molar-refractivity contribution is -0.117. The first-order valence-corrected chi connectivity index (χ1v) is 8.77. The van der Waals surface area contributed by atoms with Crippen LogP contribution in [0, 0.1) is 0 Å².